The molecule has 0 saturated carbocycles. The third kappa shape index (κ3) is 1.71. The summed E-state index contributed by atoms with van der Waals surface area (Å²) in [5.74, 6) is -2.23. The van der Waals surface area contributed by atoms with Crippen molar-refractivity contribution in [2.24, 2.45) is 0 Å². The van der Waals surface area contributed by atoms with Crippen molar-refractivity contribution in [3.05, 3.63) is 23.3 Å². The van der Waals surface area contributed by atoms with Crippen molar-refractivity contribution in [2.75, 3.05) is 20.0 Å². The molecule has 2 heterocycles. The minimum Gasteiger partial charge on any atom is -0.493 e. The Balaban J connectivity index is 2.26. The lowest BCUT2D eigenvalue weighted by molar-refractivity contribution is -0.141. The average Bonchev–Trinajstić information content (AvgIpc) is 2.92. The van der Waals surface area contributed by atoms with Crippen molar-refractivity contribution in [2.45, 2.75) is 11.4 Å². The van der Waals surface area contributed by atoms with E-state index in [1.54, 1.807) is 0 Å². The number of hydrogen-bond acceptors (Lipinski definition) is 6. The lowest BCUT2D eigenvalue weighted by Crippen LogP contribution is -2.39. The Morgan fingerprint density at radius 2 is 2.00 bits per heavy atom. The van der Waals surface area contributed by atoms with Gasteiger partial charge in [-0.1, -0.05) is 6.07 Å². The van der Waals surface area contributed by atoms with Crippen LogP contribution in [0.2, 0.25) is 0 Å². The van der Waals surface area contributed by atoms with Gasteiger partial charge in [-0.25, -0.2) is 13.2 Å². The highest BCUT2D eigenvalue weighted by Gasteiger charge is 2.57. The molecule has 0 aliphatic carbocycles. The molecule has 1 saturated heterocycles. The summed E-state index contributed by atoms with van der Waals surface area (Å²) in [4.78, 5) is 24.8. The molecule has 2 aliphatic rings. The molecule has 2 atom stereocenters. The van der Waals surface area contributed by atoms with Crippen LogP contribution in [0.1, 0.15) is 21.3 Å². The van der Waals surface area contributed by atoms with Crippen molar-refractivity contribution >= 4 is 21.7 Å². The van der Waals surface area contributed by atoms with Gasteiger partial charge in [0.05, 0.1) is 25.5 Å². The number of aliphatic carboxylic acids is 1. The van der Waals surface area contributed by atoms with Crippen molar-refractivity contribution in [3.8, 4) is 11.5 Å². The lowest BCUT2D eigenvalue weighted by atomic mass is 10.1. The second-order valence-electron chi connectivity index (χ2n) is 5.01. The Morgan fingerprint density at radius 1 is 1.32 bits per heavy atom. The standard InChI is InChI=1S/C13H13NO7S/c1-20-8-4-3-6-9(10(8)21-2)11(15)14-7(13(16)17)5-22(18,19)12(6)14/h3-4,7,12H,5H2,1-2H3,(H,16,17)/t7-,12-/m1/s1. The Kier molecular flexibility index (Phi) is 3.06. The Morgan fingerprint density at radius 3 is 2.55 bits per heavy atom. The number of ether oxygens (including phenoxy) is 2. The van der Waals surface area contributed by atoms with E-state index in [2.05, 4.69) is 0 Å². The maximum absolute atomic E-state index is 12.6. The maximum atomic E-state index is 12.6. The van der Waals surface area contributed by atoms with E-state index >= 15 is 0 Å². The molecular weight excluding hydrogens is 314 g/mol. The number of amides is 1. The molecule has 1 fully saturated rings. The number of carboxylic acids is 1. The number of carbonyl (C=O) groups is 2. The molecular formula is C13H13NO7S. The third-order valence-corrected chi connectivity index (χ3v) is 5.84. The highest BCUT2D eigenvalue weighted by molar-refractivity contribution is 7.92. The van der Waals surface area contributed by atoms with Gasteiger partial charge in [-0.3, -0.25) is 4.79 Å². The summed E-state index contributed by atoms with van der Waals surface area (Å²) < 4.78 is 34.8. The first-order valence-corrected chi connectivity index (χ1v) is 8.07. The van der Waals surface area contributed by atoms with Crippen LogP contribution in [-0.4, -0.2) is 56.3 Å². The van der Waals surface area contributed by atoms with Crippen LogP contribution in [-0.2, 0) is 14.6 Å². The molecule has 0 aromatic heterocycles. The molecule has 0 bridgehead atoms. The molecule has 22 heavy (non-hydrogen) atoms. The van der Waals surface area contributed by atoms with Gasteiger partial charge < -0.3 is 19.5 Å². The van der Waals surface area contributed by atoms with Gasteiger partial charge in [0, 0.05) is 5.56 Å². The highest BCUT2D eigenvalue weighted by Crippen LogP contribution is 2.49. The van der Waals surface area contributed by atoms with Crippen molar-refractivity contribution < 1.29 is 32.6 Å². The minimum atomic E-state index is -3.78. The molecule has 2 aliphatic heterocycles. The van der Waals surface area contributed by atoms with Gasteiger partial charge in [-0.15, -0.1) is 0 Å². The second kappa shape index (κ2) is 4.60. The average molecular weight is 327 g/mol. The highest BCUT2D eigenvalue weighted by atomic mass is 32.2. The van der Waals surface area contributed by atoms with Crippen molar-refractivity contribution in [3.63, 3.8) is 0 Å². The van der Waals surface area contributed by atoms with E-state index in [1.807, 2.05) is 0 Å². The second-order valence-corrected chi connectivity index (χ2v) is 7.12. The zero-order chi connectivity index (χ0) is 16.2. The number of benzene rings is 1. The van der Waals surface area contributed by atoms with Crippen LogP contribution in [0.3, 0.4) is 0 Å². The zero-order valence-electron chi connectivity index (χ0n) is 11.8. The molecule has 1 aromatic rings. The fourth-order valence-electron chi connectivity index (χ4n) is 3.01. The number of hydrogen-bond donors (Lipinski definition) is 1. The first-order chi connectivity index (χ1) is 10.3. The molecule has 8 nitrogen and oxygen atoms in total. The van der Waals surface area contributed by atoms with Gasteiger partial charge in [-0.05, 0) is 6.07 Å². The maximum Gasteiger partial charge on any atom is 0.327 e. The first-order valence-electron chi connectivity index (χ1n) is 6.35. The Hall–Kier alpha value is -2.29. The van der Waals surface area contributed by atoms with Gasteiger partial charge in [0.1, 0.15) is 6.04 Å². The molecule has 0 spiro atoms. The van der Waals surface area contributed by atoms with E-state index in [0.29, 0.717) is 0 Å². The Bertz CT molecular complexity index is 786. The largest absolute Gasteiger partial charge is 0.493 e. The monoisotopic (exact) mass is 327 g/mol. The fourth-order valence-corrected chi connectivity index (χ4v) is 5.10. The van der Waals surface area contributed by atoms with Crippen molar-refractivity contribution in [1.29, 1.82) is 0 Å². The van der Waals surface area contributed by atoms with Gasteiger partial charge in [0.15, 0.2) is 26.7 Å². The molecule has 0 unspecified atom stereocenters. The number of nitrogens with zero attached hydrogens (tertiary/aromatic N) is 1. The summed E-state index contributed by atoms with van der Waals surface area (Å²) in [7, 11) is -1.06. The summed E-state index contributed by atoms with van der Waals surface area (Å²) in [6.45, 7) is 0. The summed E-state index contributed by atoms with van der Waals surface area (Å²) in [6.07, 6.45) is 0. The SMILES string of the molecule is COc1ccc2c(c1OC)C(=O)N1[C@@H](C(=O)O)CS(=O)(=O)[C@H]21. The topological polar surface area (TPSA) is 110 Å². The van der Waals surface area contributed by atoms with Gasteiger partial charge in [-0.2, -0.15) is 0 Å². The number of carbonyl (C=O) groups excluding carboxylic acids is 1. The van der Waals surface area contributed by atoms with E-state index in [9.17, 15) is 23.1 Å². The Labute approximate surface area is 126 Å². The molecule has 118 valence electrons. The molecule has 0 radical (unpaired) electrons. The summed E-state index contributed by atoms with van der Waals surface area (Å²) >= 11 is 0. The van der Waals surface area contributed by atoms with Gasteiger partial charge in [0.2, 0.25) is 0 Å². The van der Waals surface area contributed by atoms with Gasteiger partial charge >= 0.3 is 5.97 Å². The van der Waals surface area contributed by atoms with Crippen LogP contribution >= 0.6 is 0 Å². The van der Waals surface area contributed by atoms with Crippen LogP contribution in [0.5, 0.6) is 11.5 Å². The summed E-state index contributed by atoms with van der Waals surface area (Å²) in [5, 5.41) is 7.92. The summed E-state index contributed by atoms with van der Waals surface area (Å²) in [6, 6.07) is 1.56. The molecule has 1 amide bonds. The van der Waals surface area contributed by atoms with Crippen molar-refractivity contribution in [1.82, 2.24) is 4.90 Å². The number of sulfone groups is 1. The fraction of sp³-hybridized carbons (Fsp3) is 0.385. The predicted octanol–water partition coefficient (Wildman–Crippen LogP) is 0.0398. The smallest absolute Gasteiger partial charge is 0.327 e. The summed E-state index contributed by atoms with van der Waals surface area (Å²) in [5.41, 5.74) is 0.271. The van der Waals surface area contributed by atoms with Crippen LogP contribution in [0.15, 0.2) is 12.1 Å². The lowest BCUT2D eigenvalue weighted by Gasteiger charge is -2.18. The van der Waals surface area contributed by atoms with E-state index < -0.39 is 38.9 Å². The molecule has 1 N–H and O–H groups in total. The van der Waals surface area contributed by atoms with E-state index in [4.69, 9.17) is 9.47 Å². The number of rotatable bonds is 3. The quantitative estimate of drug-likeness (QED) is 0.834. The number of methoxy groups -OCH3 is 2. The van der Waals surface area contributed by atoms with Crippen LogP contribution in [0.25, 0.3) is 0 Å². The minimum absolute atomic E-state index is 0.0429. The number of carboxylic acid groups (broad SMARTS) is 1. The normalized spacial score (nSPS) is 24.8. The molecule has 1 aromatic carbocycles. The molecule has 3 rings (SSSR count). The zero-order valence-corrected chi connectivity index (χ0v) is 12.6. The predicted molar refractivity (Wildman–Crippen MR) is 73.7 cm³/mol. The first kappa shape index (κ1) is 14.6. The van der Waals surface area contributed by atoms with E-state index in [1.165, 1.54) is 26.4 Å². The van der Waals surface area contributed by atoms with E-state index in [0.717, 1.165) is 4.90 Å². The van der Waals surface area contributed by atoms with Gasteiger partial charge in [0.25, 0.3) is 5.91 Å². The number of fused-ring (bicyclic) bond motifs is 3. The third-order valence-electron chi connectivity index (χ3n) is 3.90. The van der Waals surface area contributed by atoms with E-state index in [-0.39, 0.29) is 22.6 Å². The van der Waals surface area contributed by atoms with Crippen LogP contribution < -0.4 is 9.47 Å². The van der Waals surface area contributed by atoms with Crippen LogP contribution in [0, 0.1) is 0 Å². The molecule has 9 heteroatoms. The van der Waals surface area contributed by atoms with Crippen LogP contribution in [0.4, 0.5) is 0 Å².